The topological polar surface area (TPSA) is 126 Å². The van der Waals surface area contributed by atoms with Gasteiger partial charge in [-0.2, -0.15) is 0 Å². The third-order valence-corrected chi connectivity index (χ3v) is 0. The van der Waals surface area contributed by atoms with E-state index in [4.69, 9.17) is 28.1 Å². The molecule has 0 bridgehead atoms. The van der Waals surface area contributed by atoms with Crippen LogP contribution >= 0.6 is 0 Å². The van der Waals surface area contributed by atoms with Crippen LogP contribution in [0.1, 0.15) is 0 Å². The molecule has 0 atom stereocenters. The lowest BCUT2D eigenvalue weighted by atomic mass is 15.8. The highest BCUT2D eigenvalue weighted by Gasteiger charge is 1.29. The Morgan fingerprint density at radius 2 is 0.727 bits per heavy atom. The maximum absolute atomic E-state index is 8.52. The van der Waals surface area contributed by atoms with E-state index in [2.05, 4.69) is 0 Å². The standard InChI is InChI=1S/2Al.Mg.2O3Si/c;;;2*1-4(2)3/q;;;2*-2. The first-order chi connectivity index (χ1) is 3.46. The molecule has 0 saturated heterocycles. The predicted molar refractivity (Wildman–Crippen MR) is 30.1 cm³/mol. The quantitative estimate of drug-likeness (QED) is 0.381. The Kier molecular flexibility index (Phi) is 60.4. The summed E-state index contributed by atoms with van der Waals surface area (Å²) in [6.07, 6.45) is 0. The molecule has 56 valence electrons. The van der Waals surface area contributed by atoms with Gasteiger partial charge >= 0.3 is 0 Å². The highest BCUT2D eigenvalue weighted by molar-refractivity contribution is 6.17. The Morgan fingerprint density at radius 3 is 0.727 bits per heavy atom. The molecule has 0 aromatic carbocycles. The van der Waals surface area contributed by atoms with Crippen LogP contribution in [0.2, 0.25) is 0 Å². The summed E-state index contributed by atoms with van der Waals surface area (Å²) in [6.45, 7) is 0. The second kappa shape index (κ2) is 22.5. The van der Waals surface area contributed by atoms with Gasteiger partial charge in [-0.1, -0.05) is 0 Å². The van der Waals surface area contributed by atoms with Gasteiger partial charge in [-0.3, -0.25) is 0 Å². The van der Waals surface area contributed by atoms with Gasteiger partial charge < -0.3 is 28.1 Å². The molecule has 11 heavy (non-hydrogen) atoms. The average molecular weight is 230 g/mol. The molecule has 0 rings (SSSR count). The van der Waals surface area contributed by atoms with Gasteiger partial charge in [0.25, 0.3) is 0 Å². The molecular weight excluding hydrogens is 230 g/mol. The van der Waals surface area contributed by atoms with Gasteiger partial charge in [0.05, 0.1) is 0 Å². The van der Waals surface area contributed by atoms with Gasteiger partial charge in [0, 0.05) is 76.1 Å². The summed E-state index contributed by atoms with van der Waals surface area (Å²) in [5.74, 6) is 0. The Bertz CT molecular complexity index is 76.6. The SMILES string of the molecule is O=[Si]([O-])[O-].O=[Si]([O-])[O-].[Al].[Al].[Mg]. The van der Waals surface area contributed by atoms with Crippen molar-refractivity contribution in [3.8, 4) is 0 Å². The second-order valence-corrected chi connectivity index (χ2v) is 1.50. The van der Waals surface area contributed by atoms with Crippen LogP contribution in [0, 0.1) is 0 Å². The second-order valence-electron chi connectivity index (χ2n) is 0.500. The van der Waals surface area contributed by atoms with Gasteiger partial charge in [0.2, 0.25) is 0 Å². The molecule has 0 unspecified atom stereocenters. The van der Waals surface area contributed by atoms with Gasteiger partial charge in [0.1, 0.15) is 0 Å². The Balaban J connectivity index is -0.0000000171. The van der Waals surface area contributed by atoms with E-state index in [1.807, 2.05) is 0 Å². The van der Waals surface area contributed by atoms with E-state index in [1.54, 1.807) is 0 Å². The van der Waals surface area contributed by atoms with Crippen molar-refractivity contribution >= 4 is 76.1 Å². The molecule has 0 spiro atoms. The summed E-state index contributed by atoms with van der Waals surface area (Å²) < 4.78 is 17.0. The summed E-state index contributed by atoms with van der Waals surface area (Å²) in [7, 11) is -7.26. The van der Waals surface area contributed by atoms with Crippen molar-refractivity contribution in [3.63, 3.8) is 0 Å². The number of hydrogen-bond donors (Lipinski definition) is 0. The van der Waals surface area contributed by atoms with Crippen LogP contribution in [0.5, 0.6) is 0 Å². The van der Waals surface area contributed by atoms with E-state index in [0.717, 1.165) is 0 Å². The first-order valence-corrected chi connectivity index (χ1v) is 3.67. The van der Waals surface area contributed by atoms with E-state index in [9.17, 15) is 0 Å². The molecule has 0 aromatic heterocycles. The van der Waals surface area contributed by atoms with Gasteiger partial charge in [-0.25, -0.2) is 0 Å². The summed E-state index contributed by atoms with van der Waals surface area (Å²) >= 11 is 0. The highest BCUT2D eigenvalue weighted by Crippen LogP contribution is 0.993. The molecule has 0 aliphatic carbocycles. The first-order valence-electron chi connectivity index (χ1n) is 1.22. The van der Waals surface area contributed by atoms with Crippen LogP contribution in [0.15, 0.2) is 0 Å². The van der Waals surface area contributed by atoms with E-state index in [1.165, 1.54) is 0 Å². The maximum Gasteiger partial charge on any atom is 0.0172 e. The Hall–Kier alpha value is 1.06. The summed E-state index contributed by atoms with van der Waals surface area (Å²) in [5, 5.41) is 0. The van der Waals surface area contributed by atoms with Crippen LogP contribution in [0.25, 0.3) is 0 Å². The zero-order chi connectivity index (χ0) is 7.15. The van der Waals surface area contributed by atoms with Crippen LogP contribution in [-0.2, 0) is 8.92 Å². The normalized spacial score (nSPS) is 4.36. The van der Waals surface area contributed by atoms with Gasteiger partial charge in [0.15, 0.2) is 0 Å². The lowest BCUT2D eigenvalue weighted by molar-refractivity contribution is -0.356. The van der Waals surface area contributed by atoms with Crippen molar-refractivity contribution in [3.05, 3.63) is 0 Å². The summed E-state index contributed by atoms with van der Waals surface area (Å²) in [5.41, 5.74) is 0. The molecule has 0 aliphatic heterocycles. The van der Waals surface area contributed by atoms with E-state index in [-0.39, 0.29) is 57.8 Å². The minimum absolute atomic E-state index is 0. The lowest BCUT2D eigenvalue weighted by Gasteiger charge is -1.95. The Morgan fingerprint density at radius 1 is 0.727 bits per heavy atom. The molecule has 0 aromatic rings. The molecule has 0 amide bonds. The molecule has 0 heterocycles. The summed E-state index contributed by atoms with van der Waals surface area (Å²) in [4.78, 5) is 34.1. The third-order valence-electron chi connectivity index (χ3n) is 0. The molecule has 0 aliphatic rings. The van der Waals surface area contributed by atoms with Crippen molar-refractivity contribution in [2.45, 2.75) is 0 Å². The van der Waals surface area contributed by atoms with Crippen molar-refractivity contribution in [2.75, 3.05) is 0 Å². The zero-order valence-corrected chi connectivity index (χ0v) is 11.0. The number of rotatable bonds is 0. The van der Waals surface area contributed by atoms with Gasteiger partial charge in [-0.05, 0) is 0 Å². The molecular formula is Al2MgO6Si2-4. The fourth-order valence-corrected chi connectivity index (χ4v) is 0. The molecule has 0 N–H and O–H groups in total. The average Bonchev–Trinajstić information content (AvgIpc) is 1.25. The van der Waals surface area contributed by atoms with Crippen molar-refractivity contribution in [2.24, 2.45) is 0 Å². The summed E-state index contributed by atoms with van der Waals surface area (Å²) in [6, 6.07) is 0. The molecule has 11 heteroatoms. The first kappa shape index (κ1) is 29.6. The number of hydrogen-bond acceptors (Lipinski definition) is 6. The molecule has 6 nitrogen and oxygen atoms in total. The fourth-order valence-electron chi connectivity index (χ4n) is 0. The molecule has 0 fully saturated rings. The largest absolute Gasteiger partial charge is 0.672 e. The smallest absolute Gasteiger partial charge is 0.0172 e. The van der Waals surface area contributed by atoms with Crippen molar-refractivity contribution < 1.29 is 28.1 Å². The predicted octanol–water partition coefficient (Wildman–Crippen LogP) is -6.90. The van der Waals surface area contributed by atoms with E-state index in [0.29, 0.717) is 0 Å². The van der Waals surface area contributed by atoms with Crippen LogP contribution in [0.4, 0.5) is 0 Å². The van der Waals surface area contributed by atoms with E-state index >= 15 is 0 Å². The van der Waals surface area contributed by atoms with Gasteiger partial charge in [-0.15, -0.1) is 0 Å². The van der Waals surface area contributed by atoms with E-state index < -0.39 is 18.3 Å². The van der Waals surface area contributed by atoms with Crippen LogP contribution in [0.3, 0.4) is 0 Å². The Labute approximate surface area is 103 Å². The minimum atomic E-state index is -3.63. The fraction of sp³-hybridized carbons (Fsp3) is 0. The zero-order valence-electron chi connectivity index (χ0n) is 5.31. The molecule has 0 saturated carbocycles. The maximum atomic E-state index is 8.52. The third kappa shape index (κ3) is 802. The monoisotopic (exact) mass is 230 g/mol. The van der Waals surface area contributed by atoms with Crippen molar-refractivity contribution in [1.82, 2.24) is 0 Å². The minimum Gasteiger partial charge on any atom is -0.672 e. The molecule has 8 radical (unpaired) electrons. The lowest BCUT2D eigenvalue weighted by Crippen LogP contribution is -2.34. The van der Waals surface area contributed by atoms with Crippen molar-refractivity contribution in [1.29, 1.82) is 0 Å². The van der Waals surface area contributed by atoms with Crippen LogP contribution < -0.4 is 19.2 Å². The van der Waals surface area contributed by atoms with Crippen LogP contribution in [-0.4, -0.2) is 76.1 Å². The highest BCUT2D eigenvalue weighted by atomic mass is 28.3.